The number of quaternary nitrogens is 1. The van der Waals surface area contributed by atoms with Crippen LogP contribution in [0.3, 0.4) is 0 Å². The molecule has 0 aromatic heterocycles. The number of Topliss-reactive ketones (excluding diaryl/α,β-unsaturated/α-hetero) is 1. The molecule has 2 heterocycles. The molecule has 6 N–H and O–H groups in total. The number of hydrogen-bond acceptors (Lipinski definition) is 8. The van der Waals surface area contributed by atoms with Crippen LogP contribution in [0.1, 0.15) is 55.7 Å². The van der Waals surface area contributed by atoms with Gasteiger partial charge in [0.1, 0.15) is 18.3 Å². The number of methoxy groups -OCH3 is 1. The Morgan fingerprint density at radius 3 is 2.65 bits per heavy atom. The number of likely N-dealkylation sites (N-methyl/N-ethyl adjacent to an activating group) is 2. The summed E-state index contributed by atoms with van der Waals surface area (Å²) in [5.41, 5.74) is 14.0. The zero-order valence-electron chi connectivity index (χ0n) is 29.9. The van der Waals surface area contributed by atoms with Gasteiger partial charge in [0.05, 0.1) is 32.2 Å². The summed E-state index contributed by atoms with van der Waals surface area (Å²) in [6.07, 6.45) is 3.09. The van der Waals surface area contributed by atoms with Gasteiger partial charge in [-0.25, -0.2) is 4.79 Å². The number of rotatable bonds is 13. The molecule has 2 aromatic rings. The highest BCUT2D eigenvalue weighted by atomic mass is 16.6. The standard InChI is InChI=1S/C37H49N7O7/c1-22(45)42-27(6-5-16-41-35(38)39)34(47)40-17-18-43(2)36(48)50-25-10-7-23(8-11-25)21-44(3)19-15-37-26-12-13-29(46)33(37)51-32-30(49-4)14-9-24(31(32)37)20-28(26)44/h7-11,14,26-28,33H,5-6,12-13,15-21H2,1-4H3,(H5-,38,39,40,41,42,45,47)/p+1/t26-,27-,28?,33-,37-,44+/m0/s1. The minimum absolute atomic E-state index is 0.0322. The van der Waals surface area contributed by atoms with E-state index in [4.69, 9.17) is 25.7 Å². The summed E-state index contributed by atoms with van der Waals surface area (Å²) in [7, 11) is 5.59. The molecule has 51 heavy (non-hydrogen) atoms. The van der Waals surface area contributed by atoms with Crippen molar-refractivity contribution in [3.8, 4) is 17.2 Å². The third-order valence-electron chi connectivity index (χ3n) is 11.4. The SMILES string of the molecule is COc1ccc2c3c1O[C@H]1C(=O)CC[C@H]4C(C2)[N@@+](C)(Cc2ccc(OC(=O)N(C)CCNC(=O)[C@H](CCCN=C(N)N)NC(C)=O)cc2)CC[C@]314. The lowest BCUT2D eigenvalue weighted by molar-refractivity contribution is -0.957. The lowest BCUT2D eigenvalue weighted by atomic mass is 9.51. The zero-order chi connectivity index (χ0) is 36.5. The molecule has 2 aromatic carbocycles. The molecule has 6 rings (SSSR count). The number of carbonyl (C=O) groups is 4. The van der Waals surface area contributed by atoms with E-state index in [1.165, 1.54) is 23.0 Å². The second-order valence-corrected chi connectivity index (χ2v) is 14.6. The Bertz CT molecular complexity index is 1710. The fourth-order valence-corrected chi connectivity index (χ4v) is 8.98. The number of benzene rings is 2. The van der Waals surface area contributed by atoms with E-state index < -0.39 is 18.2 Å². The number of likely N-dealkylation sites (tertiary alicyclic amines) is 1. The lowest BCUT2D eigenvalue weighted by Gasteiger charge is -2.60. The van der Waals surface area contributed by atoms with Crippen LogP contribution in [0.2, 0.25) is 0 Å². The largest absolute Gasteiger partial charge is 0.493 e. The molecule has 14 nitrogen and oxygen atoms in total. The molecule has 3 amide bonds. The Labute approximate surface area is 298 Å². The fourth-order valence-electron chi connectivity index (χ4n) is 8.98. The highest BCUT2D eigenvalue weighted by molar-refractivity contribution is 5.89. The number of aliphatic imine (C=N–C) groups is 1. The Kier molecular flexibility index (Phi) is 10.2. The smallest absolute Gasteiger partial charge is 0.415 e. The van der Waals surface area contributed by atoms with Crippen molar-refractivity contribution < 1.29 is 37.9 Å². The van der Waals surface area contributed by atoms with E-state index in [1.807, 2.05) is 30.3 Å². The van der Waals surface area contributed by atoms with E-state index in [1.54, 1.807) is 14.2 Å². The quantitative estimate of drug-likeness (QED) is 0.104. The van der Waals surface area contributed by atoms with E-state index in [2.05, 4.69) is 28.7 Å². The van der Waals surface area contributed by atoms with Crippen LogP contribution in [-0.2, 0) is 32.8 Å². The van der Waals surface area contributed by atoms with E-state index in [9.17, 15) is 19.2 Å². The Balaban J connectivity index is 1.04. The number of hydrogen-bond donors (Lipinski definition) is 4. The average molecular weight is 705 g/mol. The lowest BCUT2D eigenvalue weighted by Crippen LogP contribution is -2.71. The van der Waals surface area contributed by atoms with Gasteiger partial charge in [0.2, 0.25) is 11.8 Å². The van der Waals surface area contributed by atoms with Crippen molar-refractivity contribution in [1.29, 1.82) is 0 Å². The second kappa shape index (κ2) is 14.4. The molecule has 2 bridgehead atoms. The normalized spacial score (nSPS) is 25.8. The van der Waals surface area contributed by atoms with Gasteiger partial charge in [0.15, 0.2) is 29.3 Å². The molecule has 2 fully saturated rings. The number of carbonyl (C=O) groups excluding carboxylic acids is 4. The molecular formula is C37H50N7O7+. The first-order chi connectivity index (χ1) is 24.4. The molecule has 1 saturated carbocycles. The minimum Gasteiger partial charge on any atom is -0.493 e. The second-order valence-electron chi connectivity index (χ2n) is 14.6. The maximum absolute atomic E-state index is 13.3. The van der Waals surface area contributed by atoms with Crippen molar-refractivity contribution in [3.05, 3.63) is 53.1 Å². The molecule has 2 aliphatic carbocycles. The van der Waals surface area contributed by atoms with Gasteiger partial charge in [-0.3, -0.25) is 19.4 Å². The molecule has 0 radical (unpaired) electrons. The monoisotopic (exact) mass is 704 g/mol. The van der Waals surface area contributed by atoms with Gasteiger partial charge in [0, 0.05) is 69.9 Å². The highest BCUT2D eigenvalue weighted by Crippen LogP contribution is 2.64. The van der Waals surface area contributed by atoms with Crippen LogP contribution in [0.5, 0.6) is 17.2 Å². The maximum atomic E-state index is 13.3. The van der Waals surface area contributed by atoms with Crippen LogP contribution in [0.15, 0.2) is 41.4 Å². The number of piperidine rings is 1. The molecule has 1 unspecified atom stereocenters. The van der Waals surface area contributed by atoms with Crippen LogP contribution in [-0.4, -0.2) is 105 Å². The van der Waals surface area contributed by atoms with E-state index in [0.29, 0.717) is 49.3 Å². The molecule has 2 aliphatic heterocycles. The zero-order valence-corrected chi connectivity index (χ0v) is 29.9. The summed E-state index contributed by atoms with van der Waals surface area (Å²) in [5.74, 6) is 1.74. The third-order valence-corrected chi connectivity index (χ3v) is 11.4. The molecular weight excluding hydrogens is 654 g/mol. The van der Waals surface area contributed by atoms with Crippen LogP contribution in [0, 0.1) is 5.92 Å². The van der Waals surface area contributed by atoms with Gasteiger partial charge in [0.25, 0.3) is 0 Å². The van der Waals surface area contributed by atoms with Crippen molar-refractivity contribution in [2.24, 2.45) is 22.4 Å². The highest BCUT2D eigenvalue weighted by Gasteiger charge is 2.69. The predicted molar refractivity (Wildman–Crippen MR) is 189 cm³/mol. The first kappa shape index (κ1) is 36.0. The van der Waals surface area contributed by atoms with Gasteiger partial charge in [-0.1, -0.05) is 6.07 Å². The summed E-state index contributed by atoms with van der Waals surface area (Å²) in [4.78, 5) is 55.7. The average Bonchev–Trinajstić information content (AvgIpc) is 3.45. The van der Waals surface area contributed by atoms with Crippen LogP contribution < -0.4 is 36.3 Å². The Morgan fingerprint density at radius 2 is 1.94 bits per heavy atom. The van der Waals surface area contributed by atoms with Crippen molar-refractivity contribution in [1.82, 2.24) is 15.5 Å². The summed E-state index contributed by atoms with van der Waals surface area (Å²) in [5, 5.41) is 5.41. The van der Waals surface area contributed by atoms with Crippen LogP contribution >= 0.6 is 0 Å². The first-order valence-electron chi connectivity index (χ1n) is 17.7. The third kappa shape index (κ3) is 6.93. The summed E-state index contributed by atoms with van der Waals surface area (Å²) in [6.45, 7) is 3.80. The number of amides is 3. The van der Waals surface area contributed by atoms with Crippen molar-refractivity contribution in [2.45, 2.75) is 75.6 Å². The number of ketones is 1. The van der Waals surface area contributed by atoms with Gasteiger partial charge in [-0.2, -0.15) is 0 Å². The number of guanidine groups is 1. The number of nitrogens with zero attached hydrogens (tertiary/aromatic N) is 3. The van der Waals surface area contributed by atoms with Gasteiger partial charge < -0.3 is 45.7 Å². The number of nitrogens with two attached hydrogens (primary N) is 2. The Morgan fingerprint density at radius 1 is 1.18 bits per heavy atom. The van der Waals surface area contributed by atoms with E-state index in [-0.39, 0.29) is 42.1 Å². The molecule has 14 heteroatoms. The van der Waals surface area contributed by atoms with Crippen molar-refractivity contribution >= 4 is 29.7 Å². The van der Waals surface area contributed by atoms with Gasteiger partial charge in [-0.05, 0) is 55.2 Å². The summed E-state index contributed by atoms with van der Waals surface area (Å²) < 4.78 is 18.6. The van der Waals surface area contributed by atoms with E-state index in [0.717, 1.165) is 48.1 Å². The molecule has 274 valence electrons. The minimum atomic E-state index is -0.741. The molecule has 1 spiro atoms. The number of ether oxygens (including phenoxy) is 3. The van der Waals surface area contributed by atoms with E-state index >= 15 is 0 Å². The Hall–Kier alpha value is -4.85. The van der Waals surface area contributed by atoms with Gasteiger partial charge in [-0.15, -0.1) is 0 Å². The topological polar surface area (TPSA) is 188 Å². The van der Waals surface area contributed by atoms with Crippen molar-refractivity contribution in [2.75, 3.05) is 47.4 Å². The van der Waals surface area contributed by atoms with Crippen LogP contribution in [0.25, 0.3) is 0 Å². The molecule has 4 aliphatic rings. The summed E-state index contributed by atoms with van der Waals surface area (Å²) in [6, 6.07) is 11.4. The number of nitrogens with one attached hydrogen (secondary N) is 2. The van der Waals surface area contributed by atoms with Gasteiger partial charge >= 0.3 is 6.09 Å². The first-order valence-corrected chi connectivity index (χ1v) is 17.7. The fraction of sp³-hybridized carbons (Fsp3) is 0.541. The summed E-state index contributed by atoms with van der Waals surface area (Å²) >= 11 is 0. The predicted octanol–water partition coefficient (Wildman–Crippen LogP) is 1.75. The molecule has 1 saturated heterocycles. The maximum Gasteiger partial charge on any atom is 0.415 e. The van der Waals surface area contributed by atoms with Crippen LogP contribution in [0.4, 0.5) is 4.79 Å². The van der Waals surface area contributed by atoms with Crippen molar-refractivity contribution in [3.63, 3.8) is 0 Å². The molecule has 6 atom stereocenters.